The largest absolute Gasteiger partial charge is 0.493 e. The van der Waals surface area contributed by atoms with E-state index in [1.165, 1.54) is 16.7 Å². The molecule has 0 bridgehead atoms. The van der Waals surface area contributed by atoms with Gasteiger partial charge in [-0.05, 0) is 71.8 Å². The van der Waals surface area contributed by atoms with Crippen LogP contribution in [0.1, 0.15) is 65.7 Å². The first-order valence-electron chi connectivity index (χ1n) is 17.8. The number of nitrogens with one attached hydrogen (secondary N) is 1. The molecule has 2 fully saturated rings. The van der Waals surface area contributed by atoms with Gasteiger partial charge in [-0.3, -0.25) is 9.80 Å². The van der Waals surface area contributed by atoms with Crippen LogP contribution >= 0.6 is 0 Å². The van der Waals surface area contributed by atoms with E-state index in [0.717, 1.165) is 80.3 Å². The van der Waals surface area contributed by atoms with Gasteiger partial charge in [0.2, 0.25) is 0 Å². The molecule has 51 heavy (non-hydrogen) atoms. The van der Waals surface area contributed by atoms with Gasteiger partial charge in [0.25, 0.3) is 0 Å². The lowest BCUT2D eigenvalue weighted by Gasteiger charge is -2.48. The number of ether oxygens (including phenoxy) is 3. The maximum Gasteiger partial charge on any atom is 0.339 e. The zero-order valence-electron chi connectivity index (χ0n) is 29.8. The van der Waals surface area contributed by atoms with Crippen molar-refractivity contribution in [2.24, 2.45) is 0 Å². The number of aromatic carboxylic acids is 1. The summed E-state index contributed by atoms with van der Waals surface area (Å²) in [6.07, 6.45) is 5.46. The van der Waals surface area contributed by atoms with Gasteiger partial charge in [0.15, 0.2) is 11.5 Å². The van der Waals surface area contributed by atoms with Crippen molar-refractivity contribution >= 4 is 22.7 Å². The first kappa shape index (κ1) is 34.4. The van der Waals surface area contributed by atoms with E-state index in [2.05, 4.69) is 74.9 Å². The van der Waals surface area contributed by atoms with Gasteiger partial charge >= 0.3 is 5.97 Å². The number of hydrogen-bond donors (Lipinski definition) is 2. The summed E-state index contributed by atoms with van der Waals surface area (Å²) < 4.78 is 17.2. The van der Waals surface area contributed by atoms with Crippen molar-refractivity contribution in [3.8, 4) is 23.0 Å². The highest BCUT2D eigenvalue weighted by Gasteiger charge is 2.36. The highest BCUT2D eigenvalue weighted by molar-refractivity contribution is 5.92. The van der Waals surface area contributed by atoms with Crippen LogP contribution in [-0.4, -0.2) is 83.8 Å². The smallest absolute Gasteiger partial charge is 0.339 e. The minimum absolute atomic E-state index is 0.125. The van der Waals surface area contributed by atoms with Crippen LogP contribution in [-0.2, 0) is 6.54 Å². The molecule has 0 unspecified atom stereocenters. The third-order valence-corrected chi connectivity index (χ3v) is 10.4. The van der Waals surface area contributed by atoms with Crippen molar-refractivity contribution in [2.45, 2.75) is 51.2 Å². The Morgan fingerprint density at radius 2 is 1.73 bits per heavy atom. The van der Waals surface area contributed by atoms with Crippen molar-refractivity contribution in [2.75, 3.05) is 51.8 Å². The minimum Gasteiger partial charge on any atom is -0.493 e. The van der Waals surface area contributed by atoms with Gasteiger partial charge in [0.05, 0.1) is 20.4 Å². The van der Waals surface area contributed by atoms with E-state index >= 15 is 0 Å². The molecule has 3 aromatic carbocycles. The van der Waals surface area contributed by atoms with E-state index in [4.69, 9.17) is 14.2 Å². The van der Waals surface area contributed by atoms with E-state index in [0.29, 0.717) is 23.5 Å². The Kier molecular flexibility index (Phi) is 10.1. The average Bonchev–Trinajstić information content (AvgIpc) is 3.63. The molecule has 10 nitrogen and oxygen atoms in total. The number of carboxylic acid groups (broad SMARTS) is 1. The maximum absolute atomic E-state index is 12.1. The summed E-state index contributed by atoms with van der Waals surface area (Å²) in [7, 11) is 3.36. The molecular formula is C41H47N5O5. The van der Waals surface area contributed by atoms with Crippen LogP contribution in [0.25, 0.3) is 11.0 Å². The number of piperazine rings is 1. The molecule has 2 aromatic heterocycles. The number of aromatic nitrogens is 2. The van der Waals surface area contributed by atoms with Crippen molar-refractivity contribution in [3.63, 3.8) is 0 Å². The summed E-state index contributed by atoms with van der Waals surface area (Å²) >= 11 is 0. The van der Waals surface area contributed by atoms with Crippen LogP contribution in [0.4, 0.5) is 5.69 Å². The molecule has 2 N–H and O–H groups in total. The predicted octanol–water partition coefficient (Wildman–Crippen LogP) is 7.72. The number of piperidine rings is 1. The van der Waals surface area contributed by atoms with Gasteiger partial charge in [-0.2, -0.15) is 0 Å². The fourth-order valence-electron chi connectivity index (χ4n) is 7.82. The van der Waals surface area contributed by atoms with Crippen LogP contribution in [0.5, 0.6) is 23.0 Å². The van der Waals surface area contributed by atoms with Crippen LogP contribution in [0, 0.1) is 0 Å². The molecular weight excluding hydrogens is 642 g/mol. The number of carbonyl (C=O) groups is 1. The highest BCUT2D eigenvalue weighted by atomic mass is 16.5. The quantitative estimate of drug-likeness (QED) is 0.144. The monoisotopic (exact) mass is 689 g/mol. The van der Waals surface area contributed by atoms with Crippen molar-refractivity contribution < 1.29 is 24.1 Å². The molecule has 266 valence electrons. The Bertz CT molecular complexity index is 1980. The van der Waals surface area contributed by atoms with Gasteiger partial charge < -0.3 is 29.2 Å². The summed E-state index contributed by atoms with van der Waals surface area (Å²) in [5.41, 5.74) is 5.89. The van der Waals surface area contributed by atoms with E-state index in [1.807, 2.05) is 36.5 Å². The molecule has 0 aliphatic carbocycles. The van der Waals surface area contributed by atoms with Crippen molar-refractivity contribution in [1.29, 1.82) is 0 Å². The summed E-state index contributed by atoms with van der Waals surface area (Å²) in [5.74, 6) is 1.72. The summed E-state index contributed by atoms with van der Waals surface area (Å²) in [5, 5.41) is 10.8. The third-order valence-electron chi connectivity index (χ3n) is 10.4. The van der Waals surface area contributed by atoms with E-state index in [-0.39, 0.29) is 11.6 Å². The van der Waals surface area contributed by atoms with Gasteiger partial charge in [-0.15, -0.1) is 0 Å². The molecule has 10 heteroatoms. The molecule has 4 heterocycles. The first-order chi connectivity index (χ1) is 24.8. The van der Waals surface area contributed by atoms with Crippen LogP contribution in [0.2, 0.25) is 0 Å². The maximum atomic E-state index is 12.1. The number of pyridine rings is 1. The van der Waals surface area contributed by atoms with Crippen LogP contribution < -0.4 is 19.1 Å². The molecule has 1 atom stereocenters. The second-order valence-corrected chi connectivity index (χ2v) is 13.9. The normalized spacial score (nSPS) is 17.6. The number of benzene rings is 3. The second kappa shape index (κ2) is 15.0. The Morgan fingerprint density at radius 3 is 2.49 bits per heavy atom. The lowest BCUT2D eigenvalue weighted by Crippen LogP contribution is -2.54. The number of anilines is 1. The number of nitrogens with zero attached hydrogens (tertiary/aromatic N) is 4. The predicted molar refractivity (Wildman–Crippen MR) is 200 cm³/mol. The standard InChI is InChI=1S/C41H47N5O5/c1-27(2)33-7-5-6-8-34(33)36-26-44(25-28-9-12-37(49-3)39(21-28)50-4)19-20-46(36)30-14-17-45(18-15-30)31-10-11-35(41(47)48)38(23-31)51-32-22-29-13-16-42-40(29)43-24-32/h5-13,16,21-24,27,30,36H,14-15,17-20,25-26H2,1-4H3,(H,42,43)(H,47,48)/t36-/m0/s1. The molecule has 7 rings (SSSR count). The SMILES string of the molecule is COc1ccc(CN2CCN(C3CCN(c4ccc(C(=O)O)c(Oc5cnc6[nH]ccc6c5)c4)CC3)[C@H](c3ccccc3C(C)C)C2)cc1OC. The first-order valence-corrected chi connectivity index (χ1v) is 17.8. The lowest BCUT2D eigenvalue weighted by molar-refractivity contribution is 0.0271. The number of methoxy groups -OCH3 is 2. The minimum atomic E-state index is -1.02. The Morgan fingerprint density at radius 1 is 0.922 bits per heavy atom. The molecule has 0 spiro atoms. The molecule has 0 amide bonds. The molecule has 2 aliphatic rings. The fraction of sp³-hybridized carbons (Fsp3) is 0.366. The van der Waals surface area contributed by atoms with Crippen LogP contribution in [0.15, 0.2) is 85.2 Å². The van der Waals surface area contributed by atoms with E-state index in [1.54, 1.807) is 26.5 Å². The average molecular weight is 690 g/mol. The fourth-order valence-corrected chi connectivity index (χ4v) is 7.82. The molecule has 0 saturated carbocycles. The van der Waals surface area contributed by atoms with E-state index in [9.17, 15) is 9.90 Å². The highest BCUT2D eigenvalue weighted by Crippen LogP contribution is 2.38. The lowest BCUT2D eigenvalue weighted by atomic mass is 9.89. The zero-order valence-corrected chi connectivity index (χ0v) is 29.8. The summed E-state index contributed by atoms with van der Waals surface area (Å²) in [6, 6.07) is 25.1. The van der Waals surface area contributed by atoms with Crippen LogP contribution in [0.3, 0.4) is 0 Å². The topological polar surface area (TPSA) is 103 Å². The number of hydrogen-bond acceptors (Lipinski definition) is 8. The number of aromatic amines is 1. The van der Waals surface area contributed by atoms with Gasteiger partial charge in [0.1, 0.15) is 22.7 Å². The molecule has 2 aliphatic heterocycles. The van der Waals surface area contributed by atoms with Gasteiger partial charge in [-0.1, -0.05) is 44.2 Å². The summed E-state index contributed by atoms with van der Waals surface area (Å²) in [6.45, 7) is 10.1. The zero-order chi connectivity index (χ0) is 35.5. The Labute approximate surface area is 299 Å². The number of rotatable bonds is 11. The second-order valence-electron chi connectivity index (χ2n) is 13.9. The Balaban J connectivity index is 1.08. The number of H-pyrrole nitrogens is 1. The van der Waals surface area contributed by atoms with Gasteiger partial charge in [0, 0.05) is 74.7 Å². The van der Waals surface area contributed by atoms with Crippen molar-refractivity contribution in [3.05, 3.63) is 107 Å². The third kappa shape index (κ3) is 7.38. The van der Waals surface area contributed by atoms with Gasteiger partial charge in [-0.25, -0.2) is 9.78 Å². The summed E-state index contributed by atoms with van der Waals surface area (Å²) in [4.78, 5) is 27.3. The Hall–Kier alpha value is -5.06. The number of fused-ring (bicyclic) bond motifs is 1. The van der Waals surface area contributed by atoms with E-state index < -0.39 is 5.97 Å². The molecule has 2 saturated heterocycles. The molecule has 5 aromatic rings. The molecule has 0 radical (unpaired) electrons. The number of carboxylic acids is 1. The van der Waals surface area contributed by atoms with Crippen molar-refractivity contribution in [1.82, 2.24) is 19.8 Å².